The number of rotatable bonds is 4. The van der Waals surface area contributed by atoms with Crippen LogP contribution in [-0.4, -0.2) is 47.3 Å². The second-order valence-corrected chi connectivity index (χ2v) is 5.18. The van der Waals surface area contributed by atoms with Crippen molar-refractivity contribution in [2.45, 2.75) is 31.7 Å². The number of hydrogen-bond donors (Lipinski definition) is 3. The number of hydrazine groups is 1. The van der Waals surface area contributed by atoms with E-state index in [1.165, 1.54) is 12.8 Å². The molecule has 0 aromatic carbocycles. The molecule has 110 valence electrons. The molecule has 20 heavy (non-hydrogen) atoms. The second kappa shape index (κ2) is 6.19. The summed E-state index contributed by atoms with van der Waals surface area (Å²) >= 11 is 0. The molecule has 0 radical (unpaired) electrons. The molecule has 0 saturated carbocycles. The van der Waals surface area contributed by atoms with Gasteiger partial charge in [-0.15, -0.1) is 0 Å². The van der Waals surface area contributed by atoms with E-state index in [0.29, 0.717) is 24.5 Å². The maximum absolute atomic E-state index is 5.46. The minimum Gasteiger partial charge on any atom is -0.379 e. The number of hydrogen-bond acceptors (Lipinski definition) is 8. The Morgan fingerprint density at radius 3 is 2.60 bits per heavy atom. The molecule has 1 unspecified atom stereocenters. The Labute approximate surface area is 118 Å². The predicted molar refractivity (Wildman–Crippen MR) is 76.5 cm³/mol. The van der Waals surface area contributed by atoms with Crippen molar-refractivity contribution in [2.24, 2.45) is 5.84 Å². The Hall–Kier alpha value is -1.67. The summed E-state index contributed by atoms with van der Waals surface area (Å²) in [6, 6.07) is 0.253. The minimum atomic E-state index is 0.253. The van der Waals surface area contributed by atoms with Crippen molar-refractivity contribution >= 4 is 17.8 Å². The van der Waals surface area contributed by atoms with Crippen LogP contribution in [0.15, 0.2) is 0 Å². The van der Waals surface area contributed by atoms with Gasteiger partial charge in [-0.05, 0) is 25.7 Å². The number of aromatic nitrogens is 3. The molecule has 0 bridgehead atoms. The van der Waals surface area contributed by atoms with Crippen LogP contribution in [-0.2, 0) is 4.74 Å². The lowest BCUT2D eigenvalue weighted by atomic mass is 10.1. The van der Waals surface area contributed by atoms with Crippen LogP contribution in [0, 0.1) is 0 Å². The van der Waals surface area contributed by atoms with Gasteiger partial charge in [0.25, 0.3) is 0 Å². The van der Waals surface area contributed by atoms with Crippen LogP contribution in [0.25, 0.3) is 0 Å². The molecule has 2 fully saturated rings. The van der Waals surface area contributed by atoms with E-state index in [2.05, 4.69) is 30.6 Å². The molecule has 0 amide bonds. The van der Waals surface area contributed by atoms with E-state index in [0.717, 1.165) is 32.5 Å². The summed E-state index contributed by atoms with van der Waals surface area (Å²) in [6.45, 7) is 3.50. The number of nitrogens with one attached hydrogen (secondary N) is 2. The fourth-order valence-corrected chi connectivity index (χ4v) is 2.59. The summed E-state index contributed by atoms with van der Waals surface area (Å²) < 4.78 is 5.46. The lowest BCUT2D eigenvalue weighted by molar-refractivity contribution is 0.0874. The quantitative estimate of drug-likeness (QED) is 0.536. The smallest absolute Gasteiger partial charge is 0.243 e. The van der Waals surface area contributed by atoms with Crippen molar-refractivity contribution in [3.63, 3.8) is 0 Å². The first-order valence-corrected chi connectivity index (χ1v) is 7.17. The number of nitrogen functional groups attached to an aromatic ring is 1. The average molecular weight is 279 g/mol. The van der Waals surface area contributed by atoms with Gasteiger partial charge in [0.15, 0.2) is 0 Å². The molecule has 2 aliphatic heterocycles. The third-order valence-electron chi connectivity index (χ3n) is 3.64. The molecule has 8 heteroatoms. The van der Waals surface area contributed by atoms with Gasteiger partial charge in [0.2, 0.25) is 17.8 Å². The molecule has 3 heterocycles. The van der Waals surface area contributed by atoms with Crippen LogP contribution < -0.4 is 21.5 Å². The Balaban J connectivity index is 1.76. The Kier molecular flexibility index (Phi) is 4.12. The number of ether oxygens (including phenoxy) is 1. The van der Waals surface area contributed by atoms with Crippen LogP contribution in [0.4, 0.5) is 17.8 Å². The van der Waals surface area contributed by atoms with Gasteiger partial charge in [0.05, 0.1) is 12.6 Å². The monoisotopic (exact) mass is 279 g/mol. The third-order valence-corrected chi connectivity index (χ3v) is 3.64. The highest BCUT2D eigenvalue weighted by Gasteiger charge is 2.19. The number of nitrogens with two attached hydrogens (primary N) is 1. The number of nitrogens with zero attached hydrogens (tertiary/aromatic N) is 4. The zero-order valence-corrected chi connectivity index (χ0v) is 11.5. The van der Waals surface area contributed by atoms with E-state index in [-0.39, 0.29) is 6.04 Å². The fourth-order valence-electron chi connectivity index (χ4n) is 2.59. The molecular formula is C12H21N7O. The van der Waals surface area contributed by atoms with Crippen LogP contribution in [0.5, 0.6) is 0 Å². The molecule has 1 aromatic rings. The van der Waals surface area contributed by atoms with Crippen molar-refractivity contribution in [1.29, 1.82) is 0 Å². The van der Waals surface area contributed by atoms with Crippen molar-refractivity contribution in [2.75, 3.05) is 41.9 Å². The van der Waals surface area contributed by atoms with Gasteiger partial charge in [-0.3, -0.25) is 5.43 Å². The summed E-state index contributed by atoms with van der Waals surface area (Å²) in [5, 5.41) is 3.31. The van der Waals surface area contributed by atoms with E-state index in [1.807, 2.05) is 0 Å². The topological polar surface area (TPSA) is 101 Å². The lowest BCUT2D eigenvalue weighted by Crippen LogP contribution is -2.31. The summed E-state index contributed by atoms with van der Waals surface area (Å²) in [7, 11) is 0. The zero-order valence-electron chi connectivity index (χ0n) is 11.5. The molecule has 1 atom stereocenters. The highest BCUT2D eigenvalue weighted by atomic mass is 16.5. The SMILES string of the molecule is NNc1nc(NC2CCCOC2)nc(N2CCCC2)n1. The predicted octanol–water partition coefficient (Wildman–Crippen LogP) is 0.348. The van der Waals surface area contributed by atoms with Crippen molar-refractivity contribution in [3.8, 4) is 0 Å². The average Bonchev–Trinajstić information content (AvgIpc) is 3.02. The van der Waals surface area contributed by atoms with Crippen LogP contribution >= 0.6 is 0 Å². The first-order chi connectivity index (χ1) is 9.85. The molecule has 0 aliphatic carbocycles. The molecule has 8 nitrogen and oxygen atoms in total. The normalized spacial score (nSPS) is 22.9. The first kappa shape index (κ1) is 13.3. The first-order valence-electron chi connectivity index (χ1n) is 7.17. The Morgan fingerprint density at radius 2 is 1.90 bits per heavy atom. The molecule has 1 aromatic heterocycles. The standard InChI is InChI=1S/C12H21N7O/c13-18-11-15-10(14-9-4-3-7-20-8-9)16-12(17-11)19-5-1-2-6-19/h9H,1-8,13H2,(H2,14,15,16,17,18). The Bertz CT molecular complexity index is 443. The molecule has 0 spiro atoms. The van der Waals surface area contributed by atoms with Crippen molar-refractivity contribution < 1.29 is 4.74 Å². The summed E-state index contributed by atoms with van der Waals surface area (Å²) in [4.78, 5) is 15.2. The largest absolute Gasteiger partial charge is 0.379 e. The zero-order chi connectivity index (χ0) is 13.8. The van der Waals surface area contributed by atoms with Crippen molar-refractivity contribution in [1.82, 2.24) is 15.0 Å². The maximum Gasteiger partial charge on any atom is 0.243 e. The van der Waals surface area contributed by atoms with Crippen LogP contribution in [0.1, 0.15) is 25.7 Å². The third kappa shape index (κ3) is 3.07. The van der Waals surface area contributed by atoms with E-state index in [4.69, 9.17) is 10.6 Å². The lowest BCUT2D eigenvalue weighted by Gasteiger charge is -2.24. The van der Waals surface area contributed by atoms with Gasteiger partial charge in [-0.1, -0.05) is 0 Å². The van der Waals surface area contributed by atoms with Gasteiger partial charge in [0.1, 0.15) is 0 Å². The maximum atomic E-state index is 5.46. The molecular weight excluding hydrogens is 258 g/mol. The van der Waals surface area contributed by atoms with Crippen LogP contribution in [0.3, 0.4) is 0 Å². The van der Waals surface area contributed by atoms with Crippen molar-refractivity contribution in [3.05, 3.63) is 0 Å². The second-order valence-electron chi connectivity index (χ2n) is 5.18. The molecule has 2 aliphatic rings. The highest BCUT2D eigenvalue weighted by Crippen LogP contribution is 2.19. The molecule has 4 N–H and O–H groups in total. The van der Waals surface area contributed by atoms with E-state index < -0.39 is 0 Å². The van der Waals surface area contributed by atoms with E-state index >= 15 is 0 Å². The van der Waals surface area contributed by atoms with E-state index in [9.17, 15) is 0 Å². The van der Waals surface area contributed by atoms with Gasteiger partial charge in [-0.25, -0.2) is 5.84 Å². The molecule has 2 saturated heterocycles. The van der Waals surface area contributed by atoms with Gasteiger partial charge in [-0.2, -0.15) is 15.0 Å². The summed E-state index contributed by atoms with van der Waals surface area (Å²) in [5.41, 5.74) is 2.51. The Morgan fingerprint density at radius 1 is 1.10 bits per heavy atom. The molecule has 3 rings (SSSR count). The van der Waals surface area contributed by atoms with E-state index in [1.54, 1.807) is 0 Å². The summed E-state index contributed by atoms with van der Waals surface area (Å²) in [5.74, 6) is 7.08. The van der Waals surface area contributed by atoms with Gasteiger partial charge < -0.3 is 15.0 Å². The highest BCUT2D eigenvalue weighted by molar-refractivity contribution is 5.44. The summed E-state index contributed by atoms with van der Waals surface area (Å²) in [6.07, 6.45) is 4.48. The van der Waals surface area contributed by atoms with Crippen LogP contribution in [0.2, 0.25) is 0 Å². The van der Waals surface area contributed by atoms with Gasteiger partial charge >= 0.3 is 0 Å². The van der Waals surface area contributed by atoms with Gasteiger partial charge in [0, 0.05) is 19.7 Å². The fraction of sp³-hybridized carbons (Fsp3) is 0.750. The number of anilines is 3. The minimum absolute atomic E-state index is 0.253.